The summed E-state index contributed by atoms with van der Waals surface area (Å²) in [6.07, 6.45) is 2.21. The zero-order chi connectivity index (χ0) is 34.2. The number of guanidine groups is 2. The Labute approximate surface area is 270 Å². The molecule has 0 fully saturated rings. The van der Waals surface area contributed by atoms with Crippen LogP contribution < -0.4 is 70.0 Å². The summed E-state index contributed by atoms with van der Waals surface area (Å²) in [5, 5.41) is 45.4. The van der Waals surface area contributed by atoms with Gasteiger partial charge in [0.15, 0.2) is 17.0 Å². The van der Waals surface area contributed by atoms with E-state index in [1.165, 1.54) is 6.92 Å². The number of thiocarbonyl (C=S) groups is 1. The lowest BCUT2D eigenvalue weighted by Crippen LogP contribution is -2.53. The van der Waals surface area contributed by atoms with Crippen molar-refractivity contribution in [3.63, 3.8) is 0 Å². The quantitative estimate of drug-likeness (QED) is 0.0273. The van der Waals surface area contributed by atoms with Crippen molar-refractivity contribution < 1.29 is 19.2 Å². The van der Waals surface area contributed by atoms with Gasteiger partial charge in [0.25, 0.3) is 0 Å². The Morgan fingerprint density at radius 1 is 0.644 bits per heavy atom. The van der Waals surface area contributed by atoms with Gasteiger partial charge in [-0.25, -0.2) is 14.4 Å². The molecule has 0 unspecified atom stereocenters. The molecule has 0 saturated heterocycles. The molecule has 0 aliphatic carbocycles. The van der Waals surface area contributed by atoms with Gasteiger partial charge in [0.05, 0.1) is 0 Å². The first-order valence-corrected chi connectivity index (χ1v) is 15.1. The van der Waals surface area contributed by atoms with Crippen LogP contribution in [0.15, 0.2) is 0 Å². The zero-order valence-electron chi connectivity index (χ0n) is 26.6. The standard InChI is InChI=1S/C25H53N15O4S/c1-15(11-34-23(43)39-18(13-33-17(3)41)7-5-9-31-20(26)27)37-22(42)36-14-19(8-6-10-32-21(28)29)40-24(44)35-12-16(2)38-25(45)30-4/h15-16,18-19H,5-14H2,1-4H3,(H,33,41)(H4,26,27,31)(H4,28,29,32)(H2,30,38,45)(H2,34,39,43)(H2,35,40,44)(H2,36,37,42)/t15-,16-,18-,19-/m0/s1. The molecular formula is C25H53N15O4S. The first-order chi connectivity index (χ1) is 21.2. The molecule has 4 atom stereocenters. The van der Waals surface area contributed by atoms with Gasteiger partial charge in [0.2, 0.25) is 5.91 Å². The average Bonchev–Trinajstić information content (AvgIpc) is 2.96. The van der Waals surface area contributed by atoms with Gasteiger partial charge in [-0.2, -0.15) is 0 Å². The molecular weight excluding hydrogens is 606 g/mol. The van der Waals surface area contributed by atoms with Crippen molar-refractivity contribution in [1.82, 2.24) is 58.5 Å². The number of rotatable bonds is 20. The van der Waals surface area contributed by atoms with Crippen LogP contribution >= 0.6 is 12.2 Å². The minimum absolute atomic E-state index is 0.117. The fourth-order valence-corrected chi connectivity index (χ4v) is 3.91. The van der Waals surface area contributed by atoms with E-state index in [9.17, 15) is 19.2 Å². The monoisotopic (exact) mass is 659 g/mol. The fourth-order valence-electron chi connectivity index (χ4n) is 3.71. The van der Waals surface area contributed by atoms with Gasteiger partial charge in [-0.1, -0.05) is 0 Å². The van der Waals surface area contributed by atoms with Gasteiger partial charge >= 0.3 is 18.1 Å². The predicted octanol–water partition coefficient (Wildman–Crippen LogP) is -2.85. The fraction of sp³-hybridized carbons (Fsp3) is 0.720. The second-order valence-electron chi connectivity index (χ2n) is 10.4. The number of hydrogen-bond donors (Lipinski definition) is 15. The van der Waals surface area contributed by atoms with Crippen LogP contribution in [0.3, 0.4) is 0 Å². The van der Waals surface area contributed by atoms with Crippen LogP contribution in [0.1, 0.15) is 46.5 Å². The predicted molar refractivity (Wildman–Crippen MR) is 178 cm³/mol. The third-order valence-electron chi connectivity index (χ3n) is 5.99. The normalized spacial score (nSPS) is 12.9. The van der Waals surface area contributed by atoms with E-state index in [1.54, 1.807) is 14.0 Å². The Hall–Kier alpha value is -4.49. The highest BCUT2D eigenvalue weighted by atomic mass is 32.1. The van der Waals surface area contributed by atoms with Gasteiger partial charge in [0.1, 0.15) is 0 Å². The van der Waals surface area contributed by atoms with E-state index in [0.29, 0.717) is 50.4 Å². The molecule has 0 aromatic heterocycles. The lowest BCUT2D eigenvalue weighted by atomic mass is 10.1. The van der Waals surface area contributed by atoms with Crippen LogP contribution in [0, 0.1) is 10.8 Å². The Bertz CT molecular complexity index is 971. The first kappa shape index (κ1) is 40.5. The van der Waals surface area contributed by atoms with E-state index in [1.807, 2.05) is 6.92 Å². The van der Waals surface area contributed by atoms with Gasteiger partial charge in [-0.3, -0.25) is 15.6 Å². The number of carbonyl (C=O) groups is 4. The highest BCUT2D eigenvalue weighted by molar-refractivity contribution is 7.80. The molecule has 0 aliphatic rings. The van der Waals surface area contributed by atoms with E-state index in [2.05, 4.69) is 58.5 Å². The number of carbonyl (C=O) groups excluding carboxylic acids is 4. The molecule has 0 rings (SSSR count). The van der Waals surface area contributed by atoms with Crippen molar-refractivity contribution in [1.29, 1.82) is 10.8 Å². The van der Waals surface area contributed by atoms with Crippen LogP contribution in [0.2, 0.25) is 0 Å². The lowest BCUT2D eigenvalue weighted by Gasteiger charge is -2.23. The summed E-state index contributed by atoms with van der Waals surface area (Å²) in [5.74, 6) is -0.526. The third-order valence-corrected chi connectivity index (χ3v) is 6.31. The Balaban J connectivity index is 4.75. The molecule has 0 spiro atoms. The molecule has 17 N–H and O–H groups in total. The van der Waals surface area contributed by atoms with Crippen LogP contribution in [0.4, 0.5) is 14.4 Å². The summed E-state index contributed by atoms with van der Waals surface area (Å²) < 4.78 is 0. The molecule has 0 heterocycles. The summed E-state index contributed by atoms with van der Waals surface area (Å²) in [7, 11) is 1.69. The number of nitrogens with one attached hydrogen (secondary N) is 13. The van der Waals surface area contributed by atoms with Crippen LogP contribution in [0.5, 0.6) is 0 Å². The minimum Gasteiger partial charge on any atom is -0.370 e. The maximum Gasteiger partial charge on any atom is 0.315 e. The Morgan fingerprint density at radius 3 is 1.47 bits per heavy atom. The van der Waals surface area contributed by atoms with Crippen molar-refractivity contribution >= 4 is 53.2 Å². The van der Waals surface area contributed by atoms with Crippen molar-refractivity contribution in [2.75, 3.05) is 46.3 Å². The largest absolute Gasteiger partial charge is 0.370 e. The third kappa shape index (κ3) is 24.6. The van der Waals surface area contributed by atoms with Gasteiger partial charge in [-0.05, 0) is 51.7 Å². The SMILES string of the molecule is CNC(=S)N[C@@H](C)CNC(=O)N[C@@H](CCCNC(=N)N)CNC(=O)N[C@@H](C)CNC(=O)N[C@@H](CCCNC(=N)N)CNC(C)=O. The van der Waals surface area contributed by atoms with Crippen molar-refractivity contribution in [3.05, 3.63) is 0 Å². The molecule has 258 valence electrons. The highest BCUT2D eigenvalue weighted by Gasteiger charge is 2.17. The summed E-state index contributed by atoms with van der Waals surface area (Å²) >= 11 is 5.06. The molecule has 0 aromatic carbocycles. The second kappa shape index (κ2) is 23.9. The van der Waals surface area contributed by atoms with Gasteiger partial charge in [0, 0.05) is 77.4 Å². The molecule has 7 amide bonds. The van der Waals surface area contributed by atoms with Crippen molar-refractivity contribution in [3.8, 4) is 0 Å². The summed E-state index contributed by atoms with van der Waals surface area (Å²) in [6.45, 7) is 6.63. The van der Waals surface area contributed by atoms with Crippen LogP contribution in [-0.2, 0) is 4.79 Å². The van der Waals surface area contributed by atoms with Gasteiger partial charge in [-0.15, -0.1) is 0 Å². The molecule has 20 heteroatoms. The van der Waals surface area contributed by atoms with Crippen molar-refractivity contribution in [2.45, 2.75) is 70.6 Å². The van der Waals surface area contributed by atoms with E-state index in [-0.39, 0.29) is 49.5 Å². The maximum atomic E-state index is 12.5. The molecule has 0 aromatic rings. The Morgan fingerprint density at radius 2 is 1.04 bits per heavy atom. The first-order valence-electron chi connectivity index (χ1n) is 14.7. The Kier molecular flexibility index (Phi) is 21.5. The molecule has 45 heavy (non-hydrogen) atoms. The zero-order valence-corrected chi connectivity index (χ0v) is 27.4. The number of hydrogen-bond acceptors (Lipinski definition) is 7. The number of urea groups is 3. The summed E-state index contributed by atoms with van der Waals surface area (Å²) in [5.41, 5.74) is 10.6. The summed E-state index contributed by atoms with van der Waals surface area (Å²) in [6, 6.07) is -2.70. The minimum atomic E-state index is -0.487. The maximum absolute atomic E-state index is 12.5. The number of amides is 7. The molecule has 0 saturated carbocycles. The highest BCUT2D eigenvalue weighted by Crippen LogP contribution is 1.98. The summed E-state index contributed by atoms with van der Waals surface area (Å²) in [4.78, 5) is 48.8. The topological polar surface area (TPSA) is 300 Å². The molecule has 0 bridgehead atoms. The van der Waals surface area contributed by atoms with E-state index < -0.39 is 30.2 Å². The molecule has 0 radical (unpaired) electrons. The smallest absolute Gasteiger partial charge is 0.315 e. The lowest BCUT2D eigenvalue weighted by molar-refractivity contribution is -0.119. The van der Waals surface area contributed by atoms with E-state index in [0.717, 1.165) is 0 Å². The van der Waals surface area contributed by atoms with Gasteiger partial charge < -0.3 is 70.0 Å². The molecule has 19 nitrogen and oxygen atoms in total. The van der Waals surface area contributed by atoms with Crippen molar-refractivity contribution in [2.24, 2.45) is 11.5 Å². The average molecular weight is 660 g/mol. The second-order valence-corrected chi connectivity index (χ2v) is 10.8. The van der Waals surface area contributed by atoms with E-state index >= 15 is 0 Å². The van der Waals surface area contributed by atoms with E-state index in [4.69, 9.17) is 34.5 Å². The van der Waals surface area contributed by atoms with Crippen LogP contribution in [-0.4, -0.2) is 112 Å². The van der Waals surface area contributed by atoms with Crippen LogP contribution in [0.25, 0.3) is 0 Å². The molecule has 0 aliphatic heterocycles. The number of nitrogens with two attached hydrogens (primary N) is 2.